The molecular formula is C25H23N3O3. The number of ether oxygens (including phenoxy) is 2. The van der Waals surface area contributed by atoms with E-state index in [4.69, 9.17) is 14.7 Å². The van der Waals surface area contributed by atoms with Gasteiger partial charge in [-0.1, -0.05) is 18.2 Å². The van der Waals surface area contributed by atoms with E-state index >= 15 is 0 Å². The SMILES string of the molecule is COc1cc(C#N)ccc1Oc1ccc(NC(C)C(=O)N2CCc3ccccc32)cc1. The standard InChI is InChI=1S/C25H23N3O3/c1-17(25(29)28-14-13-19-5-3-4-6-22(19)28)27-20-8-10-21(11-9-20)31-23-12-7-18(16-26)15-24(23)30-2/h3-12,15,17,27H,13-14H2,1-2H3. The van der Waals surface area contributed by atoms with Crippen LogP contribution in [0.25, 0.3) is 0 Å². The second-order valence-electron chi connectivity index (χ2n) is 7.34. The number of fused-ring (bicyclic) bond motifs is 1. The second kappa shape index (κ2) is 8.80. The Hall–Kier alpha value is -3.98. The molecule has 0 bridgehead atoms. The highest BCUT2D eigenvalue weighted by Gasteiger charge is 2.27. The lowest BCUT2D eigenvalue weighted by Gasteiger charge is -2.23. The molecule has 0 spiro atoms. The number of nitriles is 1. The van der Waals surface area contributed by atoms with E-state index in [0.717, 1.165) is 17.8 Å². The Morgan fingerprint density at radius 1 is 1.10 bits per heavy atom. The van der Waals surface area contributed by atoms with Crippen molar-refractivity contribution < 1.29 is 14.3 Å². The Labute approximate surface area is 181 Å². The lowest BCUT2D eigenvalue weighted by molar-refractivity contribution is -0.118. The molecule has 0 aliphatic carbocycles. The van der Waals surface area contributed by atoms with Crippen LogP contribution in [0.2, 0.25) is 0 Å². The van der Waals surface area contributed by atoms with Gasteiger partial charge in [-0.05, 0) is 61.4 Å². The number of carbonyl (C=O) groups excluding carboxylic acids is 1. The van der Waals surface area contributed by atoms with Gasteiger partial charge in [-0.25, -0.2) is 0 Å². The van der Waals surface area contributed by atoms with Crippen molar-refractivity contribution in [2.45, 2.75) is 19.4 Å². The van der Waals surface area contributed by atoms with E-state index in [9.17, 15) is 4.79 Å². The number of hydrogen-bond donors (Lipinski definition) is 1. The van der Waals surface area contributed by atoms with E-state index in [1.165, 1.54) is 12.7 Å². The first kappa shape index (κ1) is 20.3. The third kappa shape index (κ3) is 4.31. The Kier molecular flexibility index (Phi) is 5.76. The number of benzene rings is 3. The first-order valence-corrected chi connectivity index (χ1v) is 10.1. The van der Waals surface area contributed by atoms with Crippen LogP contribution < -0.4 is 19.7 Å². The van der Waals surface area contributed by atoms with Crippen molar-refractivity contribution in [1.82, 2.24) is 0 Å². The molecule has 3 aromatic rings. The van der Waals surface area contributed by atoms with Crippen LogP contribution >= 0.6 is 0 Å². The Morgan fingerprint density at radius 3 is 2.61 bits per heavy atom. The normalized spacial score (nSPS) is 13.1. The molecule has 0 saturated heterocycles. The van der Waals surface area contributed by atoms with Crippen molar-refractivity contribution in [3.63, 3.8) is 0 Å². The first-order chi connectivity index (χ1) is 15.1. The topological polar surface area (TPSA) is 74.6 Å². The van der Waals surface area contributed by atoms with E-state index < -0.39 is 0 Å². The minimum absolute atomic E-state index is 0.0487. The van der Waals surface area contributed by atoms with Gasteiger partial charge >= 0.3 is 0 Å². The zero-order valence-corrected chi connectivity index (χ0v) is 17.5. The maximum Gasteiger partial charge on any atom is 0.249 e. The van der Waals surface area contributed by atoms with Gasteiger partial charge in [0.2, 0.25) is 5.91 Å². The van der Waals surface area contributed by atoms with Crippen molar-refractivity contribution in [3.05, 3.63) is 77.9 Å². The fraction of sp³-hybridized carbons (Fsp3) is 0.200. The van der Waals surface area contributed by atoms with Gasteiger partial charge in [0.05, 0.1) is 18.7 Å². The van der Waals surface area contributed by atoms with Crippen molar-refractivity contribution in [2.24, 2.45) is 0 Å². The first-order valence-electron chi connectivity index (χ1n) is 10.1. The predicted molar refractivity (Wildman–Crippen MR) is 120 cm³/mol. The molecule has 1 aliphatic heterocycles. The number of amides is 1. The summed E-state index contributed by atoms with van der Waals surface area (Å²) in [4.78, 5) is 14.8. The summed E-state index contributed by atoms with van der Waals surface area (Å²) in [6.45, 7) is 2.58. The lowest BCUT2D eigenvalue weighted by Crippen LogP contribution is -2.40. The molecule has 1 heterocycles. The average Bonchev–Trinajstić information content (AvgIpc) is 3.24. The van der Waals surface area contributed by atoms with E-state index in [1.54, 1.807) is 18.2 Å². The van der Waals surface area contributed by atoms with Gasteiger partial charge in [-0.3, -0.25) is 4.79 Å². The molecule has 1 amide bonds. The van der Waals surface area contributed by atoms with Crippen LogP contribution in [0.3, 0.4) is 0 Å². The summed E-state index contributed by atoms with van der Waals surface area (Å²) in [5, 5.41) is 12.3. The van der Waals surface area contributed by atoms with Crippen LogP contribution in [-0.2, 0) is 11.2 Å². The van der Waals surface area contributed by atoms with Crippen molar-refractivity contribution in [1.29, 1.82) is 5.26 Å². The minimum atomic E-state index is -0.364. The summed E-state index contributed by atoms with van der Waals surface area (Å²) >= 11 is 0. The van der Waals surface area contributed by atoms with Gasteiger partial charge in [-0.2, -0.15) is 5.26 Å². The predicted octanol–water partition coefficient (Wildman–Crippen LogP) is 4.75. The molecule has 1 aliphatic rings. The van der Waals surface area contributed by atoms with E-state index in [-0.39, 0.29) is 11.9 Å². The molecule has 31 heavy (non-hydrogen) atoms. The van der Waals surface area contributed by atoms with Crippen LogP contribution in [-0.4, -0.2) is 25.6 Å². The largest absolute Gasteiger partial charge is 0.493 e. The Balaban J connectivity index is 1.41. The van der Waals surface area contributed by atoms with Crippen LogP contribution in [0.4, 0.5) is 11.4 Å². The Morgan fingerprint density at radius 2 is 1.87 bits per heavy atom. The molecular weight excluding hydrogens is 390 g/mol. The summed E-state index contributed by atoms with van der Waals surface area (Å²) in [6, 6.07) is 22.1. The van der Waals surface area contributed by atoms with Crippen LogP contribution in [0, 0.1) is 11.3 Å². The number of carbonyl (C=O) groups is 1. The highest BCUT2D eigenvalue weighted by Crippen LogP contribution is 2.33. The third-order valence-electron chi connectivity index (χ3n) is 5.28. The molecule has 4 rings (SSSR count). The van der Waals surface area contributed by atoms with Crippen LogP contribution in [0.1, 0.15) is 18.1 Å². The van der Waals surface area contributed by atoms with Gasteiger partial charge in [-0.15, -0.1) is 0 Å². The van der Waals surface area contributed by atoms with E-state index in [2.05, 4.69) is 17.5 Å². The summed E-state index contributed by atoms with van der Waals surface area (Å²) in [5.74, 6) is 1.69. The van der Waals surface area contributed by atoms with Crippen LogP contribution in [0.5, 0.6) is 17.2 Å². The van der Waals surface area contributed by atoms with Crippen LogP contribution in [0.15, 0.2) is 66.7 Å². The maximum absolute atomic E-state index is 12.9. The van der Waals surface area contributed by atoms with E-state index in [0.29, 0.717) is 29.4 Å². The summed E-state index contributed by atoms with van der Waals surface area (Å²) in [6.07, 6.45) is 0.888. The van der Waals surface area contributed by atoms with Crippen molar-refractivity contribution in [3.8, 4) is 23.3 Å². The zero-order chi connectivity index (χ0) is 21.8. The number of methoxy groups -OCH3 is 1. The molecule has 6 heteroatoms. The monoisotopic (exact) mass is 413 g/mol. The average molecular weight is 413 g/mol. The molecule has 1 unspecified atom stereocenters. The lowest BCUT2D eigenvalue weighted by atomic mass is 10.2. The number of para-hydroxylation sites is 1. The molecule has 0 radical (unpaired) electrons. The van der Waals surface area contributed by atoms with Gasteiger partial charge in [0.1, 0.15) is 11.8 Å². The molecule has 6 nitrogen and oxygen atoms in total. The molecule has 1 atom stereocenters. The van der Waals surface area contributed by atoms with Gasteiger partial charge in [0, 0.05) is 24.0 Å². The van der Waals surface area contributed by atoms with Gasteiger partial charge < -0.3 is 19.7 Å². The molecule has 0 aromatic heterocycles. The number of hydrogen-bond acceptors (Lipinski definition) is 5. The highest BCUT2D eigenvalue weighted by molar-refractivity contribution is 6.00. The number of nitrogens with one attached hydrogen (secondary N) is 1. The minimum Gasteiger partial charge on any atom is -0.493 e. The zero-order valence-electron chi connectivity index (χ0n) is 17.5. The molecule has 1 N–H and O–H groups in total. The molecule has 0 saturated carbocycles. The molecule has 156 valence electrons. The number of nitrogens with zero attached hydrogens (tertiary/aromatic N) is 2. The quantitative estimate of drug-likeness (QED) is 0.631. The van der Waals surface area contributed by atoms with Crippen molar-refractivity contribution in [2.75, 3.05) is 23.9 Å². The summed E-state index contributed by atoms with van der Waals surface area (Å²) in [7, 11) is 1.54. The smallest absolute Gasteiger partial charge is 0.249 e. The fourth-order valence-corrected chi connectivity index (χ4v) is 3.68. The van der Waals surface area contributed by atoms with Gasteiger partial charge in [0.15, 0.2) is 11.5 Å². The van der Waals surface area contributed by atoms with Crippen molar-refractivity contribution >= 4 is 17.3 Å². The number of anilines is 2. The maximum atomic E-state index is 12.9. The molecule has 3 aromatic carbocycles. The Bertz CT molecular complexity index is 1140. The summed E-state index contributed by atoms with van der Waals surface area (Å²) < 4.78 is 11.2. The summed E-state index contributed by atoms with van der Waals surface area (Å²) in [5.41, 5.74) is 3.54. The third-order valence-corrected chi connectivity index (χ3v) is 5.28. The number of rotatable bonds is 6. The van der Waals surface area contributed by atoms with Gasteiger partial charge in [0.25, 0.3) is 0 Å². The van der Waals surface area contributed by atoms with E-state index in [1.807, 2.05) is 54.3 Å². The second-order valence-corrected chi connectivity index (χ2v) is 7.34. The molecule has 0 fully saturated rings. The highest BCUT2D eigenvalue weighted by atomic mass is 16.5. The fourth-order valence-electron chi connectivity index (χ4n) is 3.68.